The molecule has 0 aliphatic carbocycles. The maximum absolute atomic E-state index is 11.3. The summed E-state index contributed by atoms with van der Waals surface area (Å²) in [4.78, 5) is 19.5. The number of aromatic nitrogens is 2. The highest BCUT2D eigenvalue weighted by molar-refractivity contribution is 5.87. The Morgan fingerprint density at radius 1 is 1.32 bits per heavy atom. The van der Waals surface area contributed by atoms with E-state index in [1.54, 1.807) is 18.5 Å². The molecule has 2 N–H and O–H groups in total. The molecular weight excluding hydrogens is 242 g/mol. The van der Waals surface area contributed by atoms with Crippen LogP contribution in [-0.2, 0) is 11.2 Å². The zero-order chi connectivity index (χ0) is 13.8. The van der Waals surface area contributed by atoms with E-state index in [2.05, 4.69) is 21.6 Å². The number of hydrogen-bond donors (Lipinski definition) is 1. The molecule has 2 heterocycles. The van der Waals surface area contributed by atoms with E-state index >= 15 is 0 Å². The first kappa shape index (κ1) is 13.0. The van der Waals surface area contributed by atoms with Crippen LogP contribution >= 0.6 is 0 Å². The number of ether oxygens (including phenoxy) is 1. The van der Waals surface area contributed by atoms with Crippen LogP contribution in [0.3, 0.4) is 0 Å². The normalized spacial score (nSPS) is 10.2. The molecule has 0 radical (unpaired) electrons. The number of rotatable bonds is 3. The second-order valence-electron chi connectivity index (χ2n) is 4.04. The summed E-state index contributed by atoms with van der Waals surface area (Å²) in [5, 5.41) is 0. The zero-order valence-corrected chi connectivity index (χ0v) is 10.9. The summed E-state index contributed by atoms with van der Waals surface area (Å²) in [5.41, 5.74) is 8.93. The van der Waals surface area contributed by atoms with Crippen molar-refractivity contribution in [1.29, 1.82) is 0 Å². The topological polar surface area (TPSA) is 78.1 Å². The Morgan fingerprint density at radius 3 is 2.68 bits per heavy atom. The minimum Gasteiger partial charge on any atom is -0.464 e. The van der Waals surface area contributed by atoms with Crippen LogP contribution in [-0.4, -0.2) is 23.0 Å². The molecule has 19 heavy (non-hydrogen) atoms. The molecule has 2 aromatic rings. The van der Waals surface area contributed by atoms with E-state index in [-0.39, 0.29) is 5.69 Å². The van der Waals surface area contributed by atoms with Gasteiger partial charge in [-0.15, -0.1) is 0 Å². The molecule has 0 bridgehead atoms. The van der Waals surface area contributed by atoms with Gasteiger partial charge in [0.1, 0.15) is 11.5 Å². The molecule has 0 unspecified atom stereocenters. The van der Waals surface area contributed by atoms with Gasteiger partial charge >= 0.3 is 5.97 Å². The summed E-state index contributed by atoms with van der Waals surface area (Å²) in [6, 6.07) is 5.31. The van der Waals surface area contributed by atoms with E-state index in [1.165, 1.54) is 7.11 Å². The number of nitrogen functional groups attached to an aromatic ring is 1. The molecule has 0 amide bonds. The van der Waals surface area contributed by atoms with Crippen molar-refractivity contribution in [3.8, 4) is 11.1 Å². The highest BCUT2D eigenvalue weighted by atomic mass is 16.5. The fourth-order valence-corrected chi connectivity index (χ4v) is 1.85. The van der Waals surface area contributed by atoms with Gasteiger partial charge in [0.25, 0.3) is 0 Å². The van der Waals surface area contributed by atoms with Crippen LogP contribution in [0.5, 0.6) is 0 Å². The molecule has 98 valence electrons. The third-order valence-electron chi connectivity index (χ3n) is 2.86. The van der Waals surface area contributed by atoms with Gasteiger partial charge in [0.15, 0.2) is 0 Å². The van der Waals surface area contributed by atoms with Crippen LogP contribution in [0.15, 0.2) is 30.6 Å². The van der Waals surface area contributed by atoms with Crippen LogP contribution in [0.2, 0.25) is 0 Å². The van der Waals surface area contributed by atoms with Gasteiger partial charge in [-0.05, 0) is 24.1 Å². The lowest BCUT2D eigenvalue weighted by atomic mass is 10.0. The minimum absolute atomic E-state index is 0.285. The number of esters is 1. The predicted molar refractivity (Wildman–Crippen MR) is 72.6 cm³/mol. The smallest absolute Gasteiger partial charge is 0.356 e. The van der Waals surface area contributed by atoms with E-state index in [9.17, 15) is 4.79 Å². The molecule has 2 aromatic heterocycles. The maximum atomic E-state index is 11.3. The lowest BCUT2D eigenvalue weighted by molar-refractivity contribution is 0.0594. The Hall–Kier alpha value is -2.43. The van der Waals surface area contributed by atoms with Gasteiger partial charge in [0.2, 0.25) is 0 Å². The van der Waals surface area contributed by atoms with Crippen molar-refractivity contribution in [2.45, 2.75) is 13.3 Å². The quantitative estimate of drug-likeness (QED) is 0.852. The van der Waals surface area contributed by atoms with Gasteiger partial charge in [-0.1, -0.05) is 13.0 Å². The van der Waals surface area contributed by atoms with Crippen molar-refractivity contribution in [3.05, 3.63) is 41.9 Å². The van der Waals surface area contributed by atoms with E-state index in [0.29, 0.717) is 5.82 Å². The summed E-state index contributed by atoms with van der Waals surface area (Å²) in [6.07, 6.45) is 4.21. The standard InChI is InChI=1S/C14H15N3O2/c1-3-9-6-13(15)17-8-11(9)10-4-5-12(16-7-10)14(18)19-2/h4-8H,3H2,1-2H3,(H2,15,17). The Bertz CT molecular complexity index is 594. The van der Waals surface area contributed by atoms with Gasteiger partial charge in [-0.25, -0.2) is 14.8 Å². The second kappa shape index (κ2) is 5.48. The lowest BCUT2D eigenvalue weighted by Crippen LogP contribution is -2.03. The minimum atomic E-state index is -0.447. The number of carbonyl (C=O) groups is 1. The van der Waals surface area contributed by atoms with E-state index in [1.807, 2.05) is 12.1 Å². The largest absolute Gasteiger partial charge is 0.464 e. The summed E-state index contributed by atoms with van der Waals surface area (Å²) < 4.78 is 4.61. The maximum Gasteiger partial charge on any atom is 0.356 e. The molecule has 0 atom stereocenters. The van der Waals surface area contributed by atoms with Crippen LogP contribution < -0.4 is 5.73 Å². The first-order valence-corrected chi connectivity index (χ1v) is 5.94. The molecule has 0 spiro atoms. The first-order valence-electron chi connectivity index (χ1n) is 5.94. The fourth-order valence-electron chi connectivity index (χ4n) is 1.85. The summed E-state index contributed by atoms with van der Waals surface area (Å²) in [6.45, 7) is 2.05. The first-order chi connectivity index (χ1) is 9.15. The third kappa shape index (κ3) is 2.70. The fraction of sp³-hybridized carbons (Fsp3) is 0.214. The molecule has 0 saturated heterocycles. The SMILES string of the molecule is CCc1cc(N)ncc1-c1ccc(C(=O)OC)nc1. The Balaban J connectivity index is 2.40. The molecule has 0 aromatic carbocycles. The van der Waals surface area contributed by atoms with Gasteiger partial charge in [0.05, 0.1) is 7.11 Å². The number of nitrogens with two attached hydrogens (primary N) is 1. The molecule has 0 aliphatic rings. The monoisotopic (exact) mass is 257 g/mol. The molecule has 0 fully saturated rings. The van der Waals surface area contributed by atoms with E-state index < -0.39 is 5.97 Å². The molecule has 0 aliphatic heterocycles. The number of nitrogens with zero attached hydrogens (tertiary/aromatic N) is 2. The lowest BCUT2D eigenvalue weighted by Gasteiger charge is -2.08. The van der Waals surface area contributed by atoms with Crippen molar-refractivity contribution in [2.24, 2.45) is 0 Å². The summed E-state index contributed by atoms with van der Waals surface area (Å²) in [5.74, 6) is 0.0532. The summed E-state index contributed by atoms with van der Waals surface area (Å²) >= 11 is 0. The van der Waals surface area contributed by atoms with Gasteiger partial charge < -0.3 is 10.5 Å². The average molecular weight is 257 g/mol. The van der Waals surface area contributed by atoms with Crippen LogP contribution in [0.1, 0.15) is 23.0 Å². The third-order valence-corrected chi connectivity index (χ3v) is 2.86. The van der Waals surface area contributed by atoms with Crippen LogP contribution in [0, 0.1) is 0 Å². The van der Waals surface area contributed by atoms with Crippen LogP contribution in [0.4, 0.5) is 5.82 Å². The number of hydrogen-bond acceptors (Lipinski definition) is 5. The molecular formula is C14H15N3O2. The second-order valence-corrected chi connectivity index (χ2v) is 4.04. The highest BCUT2D eigenvalue weighted by Gasteiger charge is 2.09. The number of carbonyl (C=O) groups excluding carboxylic acids is 1. The van der Waals surface area contributed by atoms with Crippen molar-refractivity contribution in [2.75, 3.05) is 12.8 Å². The Morgan fingerprint density at radius 2 is 2.11 bits per heavy atom. The van der Waals surface area contributed by atoms with Crippen molar-refractivity contribution >= 4 is 11.8 Å². The molecule has 5 heteroatoms. The van der Waals surface area contributed by atoms with Crippen LogP contribution in [0.25, 0.3) is 11.1 Å². The average Bonchev–Trinajstić information content (AvgIpc) is 2.46. The Kier molecular flexibility index (Phi) is 3.75. The van der Waals surface area contributed by atoms with E-state index in [0.717, 1.165) is 23.1 Å². The summed E-state index contributed by atoms with van der Waals surface area (Å²) in [7, 11) is 1.33. The van der Waals surface area contributed by atoms with Gasteiger partial charge in [-0.3, -0.25) is 0 Å². The van der Waals surface area contributed by atoms with Crippen molar-refractivity contribution in [1.82, 2.24) is 9.97 Å². The van der Waals surface area contributed by atoms with E-state index in [4.69, 9.17) is 5.73 Å². The zero-order valence-electron chi connectivity index (χ0n) is 10.9. The Labute approximate surface area is 111 Å². The molecule has 5 nitrogen and oxygen atoms in total. The molecule has 0 saturated carbocycles. The number of pyridine rings is 2. The number of aryl methyl sites for hydroxylation is 1. The highest BCUT2D eigenvalue weighted by Crippen LogP contribution is 2.24. The van der Waals surface area contributed by atoms with Gasteiger partial charge in [-0.2, -0.15) is 0 Å². The van der Waals surface area contributed by atoms with Gasteiger partial charge in [0, 0.05) is 23.5 Å². The number of anilines is 1. The van der Waals surface area contributed by atoms with Crippen molar-refractivity contribution in [3.63, 3.8) is 0 Å². The number of methoxy groups -OCH3 is 1. The van der Waals surface area contributed by atoms with Crippen molar-refractivity contribution < 1.29 is 9.53 Å². The predicted octanol–water partition coefficient (Wildman–Crippen LogP) is 2.07. The molecule has 2 rings (SSSR count).